The lowest BCUT2D eigenvalue weighted by Gasteiger charge is -2.35. The fourth-order valence-corrected chi connectivity index (χ4v) is 3.68. The van der Waals surface area contributed by atoms with Gasteiger partial charge in [-0.05, 0) is 26.0 Å². The van der Waals surface area contributed by atoms with E-state index in [0.29, 0.717) is 13.1 Å². The van der Waals surface area contributed by atoms with Crippen molar-refractivity contribution < 1.29 is 21.9 Å². The zero-order chi connectivity index (χ0) is 17.0. The molecular weight excluding hydrogens is 326 g/mol. The van der Waals surface area contributed by atoms with Crippen LogP contribution in [0.15, 0.2) is 29.2 Å². The van der Waals surface area contributed by atoms with Gasteiger partial charge in [-0.1, -0.05) is 12.1 Å². The number of benzene rings is 1. The van der Waals surface area contributed by atoms with E-state index in [2.05, 4.69) is 10.2 Å². The van der Waals surface area contributed by atoms with E-state index in [0.717, 1.165) is 13.1 Å². The number of para-hydroxylation sites is 1. The molecule has 0 saturated carbocycles. The molecular formula is C15H22F2N2O3S. The quantitative estimate of drug-likeness (QED) is 0.854. The van der Waals surface area contributed by atoms with E-state index in [4.69, 9.17) is 4.74 Å². The van der Waals surface area contributed by atoms with Crippen LogP contribution in [0, 0.1) is 0 Å². The molecule has 1 aromatic rings. The van der Waals surface area contributed by atoms with Crippen LogP contribution < -0.4 is 5.32 Å². The molecule has 1 heterocycles. The summed E-state index contributed by atoms with van der Waals surface area (Å²) in [5, 5.41) is 2.96. The topological polar surface area (TPSA) is 58.6 Å². The highest BCUT2D eigenvalue weighted by molar-refractivity contribution is 7.91. The Labute approximate surface area is 135 Å². The fraction of sp³-hybridized carbons (Fsp3) is 0.600. The van der Waals surface area contributed by atoms with Gasteiger partial charge in [0.25, 0.3) is 0 Å². The predicted molar refractivity (Wildman–Crippen MR) is 84.6 cm³/mol. The first-order valence-corrected chi connectivity index (χ1v) is 9.08. The van der Waals surface area contributed by atoms with Gasteiger partial charge in [0.1, 0.15) is 0 Å². The molecule has 1 aromatic carbocycles. The van der Waals surface area contributed by atoms with Crippen molar-refractivity contribution >= 4 is 15.5 Å². The first-order chi connectivity index (χ1) is 10.8. The molecule has 23 heavy (non-hydrogen) atoms. The molecule has 2 atom stereocenters. The number of nitrogens with zero attached hydrogens (tertiary/aromatic N) is 1. The summed E-state index contributed by atoms with van der Waals surface area (Å²) in [6, 6.07) is 5.75. The van der Waals surface area contributed by atoms with Crippen LogP contribution in [-0.2, 0) is 14.6 Å². The minimum absolute atomic E-state index is 0.144. The average Bonchev–Trinajstić information content (AvgIpc) is 2.46. The summed E-state index contributed by atoms with van der Waals surface area (Å²) in [6.07, 6.45) is 0.287. The van der Waals surface area contributed by atoms with E-state index in [9.17, 15) is 17.2 Å². The summed E-state index contributed by atoms with van der Waals surface area (Å²) >= 11 is 0. The van der Waals surface area contributed by atoms with Crippen molar-refractivity contribution in [1.29, 1.82) is 0 Å². The molecule has 0 amide bonds. The highest BCUT2D eigenvalue weighted by Crippen LogP contribution is 2.25. The van der Waals surface area contributed by atoms with Gasteiger partial charge in [-0.15, -0.1) is 0 Å². The molecule has 1 aliphatic rings. The molecule has 1 aliphatic heterocycles. The standard InChI is InChI=1S/C15H22F2N2O3S/c1-11-9-19(10-12(2)22-11)8-7-18-13-5-3-4-6-14(13)23(20,21)15(16)17/h3-6,11-12,15,18H,7-10H2,1-2H3/t11-,12-/m0/s1. The third-order valence-electron chi connectivity index (χ3n) is 3.67. The number of hydrogen-bond acceptors (Lipinski definition) is 5. The second-order valence-corrected chi connectivity index (χ2v) is 7.63. The summed E-state index contributed by atoms with van der Waals surface area (Å²) in [7, 11) is -4.61. The smallest absolute Gasteiger partial charge is 0.341 e. The van der Waals surface area contributed by atoms with E-state index in [1.165, 1.54) is 18.2 Å². The van der Waals surface area contributed by atoms with Crippen molar-refractivity contribution in [3.05, 3.63) is 24.3 Å². The van der Waals surface area contributed by atoms with Crippen LogP contribution >= 0.6 is 0 Å². The van der Waals surface area contributed by atoms with Crippen molar-refractivity contribution in [3.8, 4) is 0 Å². The zero-order valence-corrected chi connectivity index (χ0v) is 14.0. The Balaban J connectivity index is 1.99. The molecule has 1 N–H and O–H groups in total. The number of morpholine rings is 1. The normalized spacial score (nSPS) is 23.2. The first kappa shape index (κ1) is 18.1. The molecule has 0 aliphatic carbocycles. The number of halogens is 2. The van der Waals surface area contributed by atoms with Crippen LogP contribution in [0.1, 0.15) is 13.8 Å². The van der Waals surface area contributed by atoms with Crippen LogP contribution in [-0.4, -0.2) is 57.5 Å². The average molecular weight is 348 g/mol. The van der Waals surface area contributed by atoms with Crippen molar-refractivity contribution in [1.82, 2.24) is 4.90 Å². The van der Waals surface area contributed by atoms with Crippen LogP contribution in [0.25, 0.3) is 0 Å². The largest absolute Gasteiger partial charge is 0.383 e. The van der Waals surface area contributed by atoms with Gasteiger partial charge in [-0.2, -0.15) is 8.78 Å². The Hall–Kier alpha value is -1.25. The Morgan fingerprint density at radius 2 is 1.87 bits per heavy atom. The second kappa shape index (κ2) is 7.55. The number of nitrogens with one attached hydrogen (secondary N) is 1. The number of rotatable bonds is 6. The molecule has 0 unspecified atom stereocenters. The third-order valence-corrected chi connectivity index (χ3v) is 5.11. The summed E-state index contributed by atoms with van der Waals surface area (Å²) in [5.41, 5.74) is 0.210. The lowest BCUT2D eigenvalue weighted by molar-refractivity contribution is -0.0667. The lowest BCUT2D eigenvalue weighted by Crippen LogP contribution is -2.46. The molecule has 0 aromatic heterocycles. The van der Waals surface area contributed by atoms with E-state index in [1.807, 2.05) is 13.8 Å². The SMILES string of the molecule is C[C@H]1CN(CCNc2ccccc2S(=O)(=O)C(F)F)C[C@H](C)O1. The summed E-state index contributed by atoms with van der Waals surface area (Å²) in [6.45, 7) is 6.74. The van der Waals surface area contributed by atoms with Gasteiger partial charge in [0.15, 0.2) is 0 Å². The molecule has 130 valence electrons. The summed E-state index contributed by atoms with van der Waals surface area (Å²) in [4.78, 5) is 1.84. The number of sulfone groups is 1. The van der Waals surface area contributed by atoms with E-state index >= 15 is 0 Å². The van der Waals surface area contributed by atoms with Gasteiger partial charge in [-0.25, -0.2) is 8.42 Å². The minimum Gasteiger partial charge on any atom is -0.383 e. The maximum Gasteiger partial charge on any atom is 0.341 e. The van der Waals surface area contributed by atoms with Crippen molar-refractivity contribution in [3.63, 3.8) is 0 Å². The summed E-state index contributed by atoms with van der Waals surface area (Å²) in [5.74, 6) is -3.42. The summed E-state index contributed by atoms with van der Waals surface area (Å²) < 4.78 is 54.5. The van der Waals surface area contributed by atoms with Crippen LogP contribution in [0.5, 0.6) is 0 Å². The van der Waals surface area contributed by atoms with Gasteiger partial charge >= 0.3 is 5.76 Å². The fourth-order valence-electron chi connectivity index (χ4n) is 2.77. The third kappa shape index (κ3) is 4.62. The van der Waals surface area contributed by atoms with Crippen LogP contribution in [0.2, 0.25) is 0 Å². The second-order valence-electron chi connectivity index (χ2n) is 5.75. The number of hydrogen-bond donors (Lipinski definition) is 1. The molecule has 0 bridgehead atoms. The van der Waals surface area contributed by atoms with Crippen molar-refractivity contribution in [2.24, 2.45) is 0 Å². The van der Waals surface area contributed by atoms with Gasteiger partial charge in [-0.3, -0.25) is 4.90 Å². The maximum atomic E-state index is 12.7. The number of alkyl halides is 2. The number of anilines is 1. The Bertz CT molecular complexity index is 615. The van der Waals surface area contributed by atoms with Crippen molar-refractivity contribution in [2.75, 3.05) is 31.5 Å². The Kier molecular flexibility index (Phi) is 5.94. The Morgan fingerprint density at radius 3 is 2.48 bits per heavy atom. The molecule has 0 spiro atoms. The van der Waals surface area contributed by atoms with E-state index in [-0.39, 0.29) is 22.8 Å². The molecule has 5 nitrogen and oxygen atoms in total. The first-order valence-electron chi connectivity index (χ1n) is 7.53. The molecule has 2 rings (SSSR count). The highest BCUT2D eigenvalue weighted by atomic mass is 32.2. The van der Waals surface area contributed by atoms with Gasteiger partial charge in [0.05, 0.1) is 22.8 Å². The van der Waals surface area contributed by atoms with E-state index in [1.54, 1.807) is 6.07 Å². The molecule has 8 heteroatoms. The highest BCUT2D eigenvalue weighted by Gasteiger charge is 2.29. The lowest BCUT2D eigenvalue weighted by atomic mass is 10.2. The van der Waals surface area contributed by atoms with Crippen LogP contribution in [0.3, 0.4) is 0 Å². The number of ether oxygens (including phenoxy) is 1. The van der Waals surface area contributed by atoms with Gasteiger partial charge in [0, 0.05) is 26.2 Å². The molecule has 1 fully saturated rings. The van der Waals surface area contributed by atoms with Crippen molar-refractivity contribution in [2.45, 2.75) is 36.7 Å². The molecule has 1 saturated heterocycles. The van der Waals surface area contributed by atoms with Crippen LogP contribution in [0.4, 0.5) is 14.5 Å². The zero-order valence-electron chi connectivity index (χ0n) is 13.2. The van der Waals surface area contributed by atoms with Gasteiger partial charge < -0.3 is 10.1 Å². The van der Waals surface area contributed by atoms with E-state index < -0.39 is 15.6 Å². The monoisotopic (exact) mass is 348 g/mol. The predicted octanol–water partition coefficient (Wildman–Crippen LogP) is 2.20. The van der Waals surface area contributed by atoms with Gasteiger partial charge in [0.2, 0.25) is 9.84 Å². The Morgan fingerprint density at radius 1 is 1.26 bits per heavy atom. The minimum atomic E-state index is -4.61. The maximum absolute atomic E-state index is 12.7. The molecule has 0 radical (unpaired) electrons.